The lowest BCUT2D eigenvalue weighted by Crippen LogP contribution is -2.14. The molecule has 0 aliphatic heterocycles. The van der Waals surface area contributed by atoms with Crippen molar-refractivity contribution in [1.29, 1.82) is 0 Å². The van der Waals surface area contributed by atoms with E-state index in [0.29, 0.717) is 17.2 Å². The second-order valence-electron chi connectivity index (χ2n) is 5.82. The number of rotatable bonds is 5. The first kappa shape index (κ1) is 17.4. The van der Waals surface area contributed by atoms with Crippen LogP contribution in [0, 0.1) is 14.6 Å². The third-order valence-electron chi connectivity index (χ3n) is 3.48. The maximum atomic E-state index is 13.6. The standard InChI is InChI=1S/C17H19FINOS/c1-10(2)8-11(3)14-9-12(18)4-5-15(14)20-17(21)13-6-7-22-16(13)19/h4-7,9-11H,8H2,1-3H3,(H,20,21). The number of benzene rings is 1. The van der Waals surface area contributed by atoms with Gasteiger partial charge in [-0.2, -0.15) is 0 Å². The molecule has 0 saturated carbocycles. The minimum atomic E-state index is -0.270. The molecule has 2 nitrogen and oxygen atoms in total. The Bertz CT molecular complexity index is 668. The highest BCUT2D eigenvalue weighted by Gasteiger charge is 2.17. The smallest absolute Gasteiger partial charge is 0.257 e. The molecule has 22 heavy (non-hydrogen) atoms. The summed E-state index contributed by atoms with van der Waals surface area (Å²) in [5.41, 5.74) is 2.21. The number of nitrogens with one attached hydrogen (secondary N) is 1. The van der Waals surface area contributed by atoms with Crippen molar-refractivity contribution in [2.75, 3.05) is 5.32 Å². The van der Waals surface area contributed by atoms with Crippen molar-refractivity contribution >= 4 is 45.5 Å². The van der Waals surface area contributed by atoms with Crippen LogP contribution in [0.5, 0.6) is 0 Å². The van der Waals surface area contributed by atoms with E-state index in [1.165, 1.54) is 23.5 Å². The highest BCUT2D eigenvalue weighted by Crippen LogP contribution is 2.31. The Labute approximate surface area is 148 Å². The molecule has 0 spiro atoms. The molecule has 2 aromatic rings. The molecule has 0 radical (unpaired) electrons. The topological polar surface area (TPSA) is 29.1 Å². The summed E-state index contributed by atoms with van der Waals surface area (Å²) in [6.07, 6.45) is 0.947. The van der Waals surface area contributed by atoms with Crippen LogP contribution in [0.2, 0.25) is 0 Å². The fourth-order valence-corrected chi connectivity index (χ4v) is 4.01. The maximum Gasteiger partial charge on any atom is 0.257 e. The van der Waals surface area contributed by atoms with Crippen molar-refractivity contribution in [3.05, 3.63) is 49.5 Å². The van der Waals surface area contributed by atoms with Crippen LogP contribution in [0.3, 0.4) is 0 Å². The Morgan fingerprint density at radius 1 is 1.32 bits per heavy atom. The summed E-state index contributed by atoms with van der Waals surface area (Å²) >= 11 is 3.69. The summed E-state index contributed by atoms with van der Waals surface area (Å²) in [6.45, 7) is 6.35. The molecule has 0 saturated heterocycles. The first-order chi connectivity index (χ1) is 10.4. The Kier molecular flexibility index (Phi) is 5.97. The van der Waals surface area contributed by atoms with Crippen molar-refractivity contribution in [3.8, 4) is 0 Å². The average molecular weight is 431 g/mol. The number of hydrogen-bond acceptors (Lipinski definition) is 2. The van der Waals surface area contributed by atoms with E-state index < -0.39 is 0 Å². The van der Waals surface area contributed by atoms with Crippen molar-refractivity contribution in [3.63, 3.8) is 0 Å². The van der Waals surface area contributed by atoms with Crippen LogP contribution in [-0.2, 0) is 0 Å². The van der Waals surface area contributed by atoms with Crippen molar-refractivity contribution in [2.45, 2.75) is 33.1 Å². The van der Waals surface area contributed by atoms with Crippen LogP contribution in [0.1, 0.15) is 49.0 Å². The van der Waals surface area contributed by atoms with E-state index in [9.17, 15) is 9.18 Å². The molecule has 1 N–H and O–H groups in total. The van der Waals surface area contributed by atoms with Gasteiger partial charge in [0.15, 0.2) is 0 Å². The van der Waals surface area contributed by atoms with Gasteiger partial charge in [0, 0.05) is 5.69 Å². The molecule has 118 valence electrons. The zero-order valence-corrected chi connectivity index (χ0v) is 15.8. The number of thiophene rings is 1. The van der Waals surface area contributed by atoms with Crippen LogP contribution in [0.25, 0.3) is 0 Å². The molecule has 0 aliphatic rings. The lowest BCUT2D eigenvalue weighted by Gasteiger charge is -2.19. The highest BCUT2D eigenvalue weighted by atomic mass is 127. The summed E-state index contributed by atoms with van der Waals surface area (Å²) in [5, 5.41) is 4.82. The zero-order chi connectivity index (χ0) is 16.3. The average Bonchev–Trinajstić information content (AvgIpc) is 2.86. The molecular formula is C17H19FINOS. The van der Waals surface area contributed by atoms with Crippen LogP contribution >= 0.6 is 33.9 Å². The zero-order valence-electron chi connectivity index (χ0n) is 12.8. The second-order valence-corrected chi connectivity index (χ2v) is 8.55. The van der Waals surface area contributed by atoms with E-state index in [-0.39, 0.29) is 17.6 Å². The number of hydrogen-bond donors (Lipinski definition) is 1. The number of carbonyl (C=O) groups excluding carboxylic acids is 1. The van der Waals surface area contributed by atoms with Gasteiger partial charge in [0.1, 0.15) is 5.82 Å². The van der Waals surface area contributed by atoms with Gasteiger partial charge < -0.3 is 5.32 Å². The summed E-state index contributed by atoms with van der Waals surface area (Å²) in [5.74, 6) is 0.288. The fraction of sp³-hybridized carbons (Fsp3) is 0.353. The van der Waals surface area contributed by atoms with Gasteiger partial charge in [-0.05, 0) is 76.1 Å². The molecule has 1 amide bonds. The van der Waals surface area contributed by atoms with E-state index >= 15 is 0 Å². The second kappa shape index (κ2) is 7.55. The normalized spacial score (nSPS) is 12.5. The van der Waals surface area contributed by atoms with Crippen molar-refractivity contribution in [1.82, 2.24) is 0 Å². The van der Waals surface area contributed by atoms with Crippen molar-refractivity contribution < 1.29 is 9.18 Å². The lowest BCUT2D eigenvalue weighted by atomic mass is 9.90. The summed E-state index contributed by atoms with van der Waals surface area (Å²) in [4.78, 5) is 12.4. The molecule has 5 heteroatoms. The minimum Gasteiger partial charge on any atom is -0.322 e. The molecule has 1 aromatic heterocycles. The van der Waals surface area contributed by atoms with Gasteiger partial charge in [-0.1, -0.05) is 20.8 Å². The van der Waals surface area contributed by atoms with Gasteiger partial charge in [0.2, 0.25) is 0 Å². The molecule has 1 heterocycles. The number of carbonyl (C=O) groups is 1. The Balaban J connectivity index is 2.27. The molecule has 0 bridgehead atoms. The monoisotopic (exact) mass is 431 g/mol. The first-order valence-electron chi connectivity index (χ1n) is 7.22. The molecule has 0 fully saturated rings. The van der Waals surface area contributed by atoms with Gasteiger partial charge in [-0.25, -0.2) is 4.39 Å². The molecular weight excluding hydrogens is 412 g/mol. The van der Waals surface area contributed by atoms with Crippen LogP contribution in [0.4, 0.5) is 10.1 Å². The van der Waals surface area contributed by atoms with E-state index in [4.69, 9.17) is 0 Å². The Morgan fingerprint density at radius 3 is 2.64 bits per heavy atom. The highest BCUT2D eigenvalue weighted by molar-refractivity contribution is 14.1. The molecule has 1 atom stereocenters. The van der Waals surface area contributed by atoms with E-state index in [0.717, 1.165) is 14.9 Å². The predicted octanol–water partition coefficient (Wildman–Crippen LogP) is 5.89. The summed E-state index contributed by atoms with van der Waals surface area (Å²) in [6, 6.07) is 6.38. The van der Waals surface area contributed by atoms with E-state index in [1.54, 1.807) is 6.07 Å². The van der Waals surface area contributed by atoms with Gasteiger partial charge in [0.05, 0.1) is 8.45 Å². The Morgan fingerprint density at radius 2 is 2.05 bits per heavy atom. The summed E-state index contributed by atoms with van der Waals surface area (Å²) < 4.78 is 14.6. The van der Waals surface area contributed by atoms with Gasteiger partial charge in [-0.3, -0.25) is 4.79 Å². The molecule has 1 aromatic carbocycles. The fourth-order valence-electron chi connectivity index (χ4n) is 2.53. The van der Waals surface area contributed by atoms with E-state index in [2.05, 4.69) is 48.7 Å². The number of amides is 1. The largest absolute Gasteiger partial charge is 0.322 e. The molecule has 1 unspecified atom stereocenters. The SMILES string of the molecule is CC(C)CC(C)c1cc(F)ccc1NC(=O)c1ccsc1I. The molecule has 0 aliphatic carbocycles. The van der Waals surface area contributed by atoms with E-state index in [1.807, 2.05) is 11.4 Å². The minimum absolute atomic E-state index is 0.143. The van der Waals surface area contributed by atoms with Gasteiger partial charge in [0.25, 0.3) is 5.91 Å². The van der Waals surface area contributed by atoms with Crippen LogP contribution in [-0.4, -0.2) is 5.91 Å². The quantitative estimate of drug-likeness (QED) is 0.588. The third-order valence-corrected chi connectivity index (χ3v) is 5.52. The van der Waals surface area contributed by atoms with Gasteiger partial charge >= 0.3 is 0 Å². The number of anilines is 1. The maximum absolute atomic E-state index is 13.6. The van der Waals surface area contributed by atoms with Crippen LogP contribution < -0.4 is 5.32 Å². The van der Waals surface area contributed by atoms with Gasteiger partial charge in [-0.15, -0.1) is 11.3 Å². The first-order valence-corrected chi connectivity index (χ1v) is 9.18. The van der Waals surface area contributed by atoms with Crippen molar-refractivity contribution in [2.24, 2.45) is 5.92 Å². The predicted molar refractivity (Wildman–Crippen MR) is 99.3 cm³/mol. The Hall–Kier alpha value is -0.950. The third kappa shape index (κ3) is 4.29. The lowest BCUT2D eigenvalue weighted by molar-refractivity contribution is 0.102. The molecule has 2 rings (SSSR count). The number of halogens is 2. The van der Waals surface area contributed by atoms with Crippen LogP contribution in [0.15, 0.2) is 29.6 Å². The summed E-state index contributed by atoms with van der Waals surface area (Å²) in [7, 11) is 0.